The monoisotopic (exact) mass is 266 g/mol. The lowest BCUT2D eigenvalue weighted by Gasteiger charge is -2.22. The topological polar surface area (TPSA) is 73.6 Å². The first kappa shape index (κ1) is 12.7. The Bertz CT molecular complexity index is 539. The molecular formula is C12H11ClN2O3. The van der Waals surface area contributed by atoms with Crippen LogP contribution in [0.25, 0.3) is 0 Å². The maximum absolute atomic E-state index is 11.6. The Morgan fingerprint density at radius 2 is 2.39 bits per heavy atom. The fourth-order valence-corrected chi connectivity index (χ4v) is 2.11. The summed E-state index contributed by atoms with van der Waals surface area (Å²) in [7, 11) is 0. The van der Waals surface area contributed by atoms with Crippen LogP contribution in [0.4, 0.5) is 10.5 Å². The number of carbonyl (C=O) groups is 1. The lowest BCUT2D eigenvalue weighted by Crippen LogP contribution is -2.36. The number of nitriles is 1. The third kappa shape index (κ3) is 1.90. The number of nitrogens with zero attached hydrogens (tertiary/aromatic N) is 2. The van der Waals surface area contributed by atoms with Crippen LogP contribution in [0.1, 0.15) is 11.1 Å². The van der Waals surface area contributed by atoms with Crippen LogP contribution in [-0.2, 0) is 4.74 Å². The summed E-state index contributed by atoms with van der Waals surface area (Å²) >= 11 is 6.05. The molecule has 1 aliphatic heterocycles. The highest BCUT2D eigenvalue weighted by Gasteiger charge is 2.35. The van der Waals surface area contributed by atoms with Crippen molar-refractivity contribution in [1.82, 2.24) is 0 Å². The van der Waals surface area contributed by atoms with Gasteiger partial charge in [0.2, 0.25) is 0 Å². The average molecular weight is 267 g/mol. The second-order valence-corrected chi connectivity index (χ2v) is 4.34. The van der Waals surface area contributed by atoms with E-state index < -0.39 is 12.1 Å². The Kier molecular flexibility index (Phi) is 3.41. The van der Waals surface area contributed by atoms with Gasteiger partial charge in [-0.15, -0.1) is 0 Å². The van der Waals surface area contributed by atoms with E-state index in [0.717, 1.165) is 0 Å². The van der Waals surface area contributed by atoms with Crippen LogP contribution in [0.5, 0.6) is 0 Å². The fraction of sp³-hybridized carbons (Fsp3) is 0.333. The maximum atomic E-state index is 11.6. The minimum Gasteiger partial charge on any atom is -0.447 e. The van der Waals surface area contributed by atoms with Crippen LogP contribution in [0.2, 0.25) is 5.02 Å². The fourth-order valence-electron chi connectivity index (χ4n) is 1.91. The van der Waals surface area contributed by atoms with E-state index in [-0.39, 0.29) is 13.2 Å². The van der Waals surface area contributed by atoms with Gasteiger partial charge in [-0.2, -0.15) is 5.26 Å². The zero-order valence-corrected chi connectivity index (χ0v) is 10.4. The van der Waals surface area contributed by atoms with Gasteiger partial charge in [-0.1, -0.05) is 11.6 Å². The number of ether oxygens (including phenoxy) is 1. The van der Waals surface area contributed by atoms with E-state index in [0.29, 0.717) is 21.8 Å². The molecule has 1 aromatic rings. The number of aliphatic hydroxyl groups excluding tert-OH is 1. The van der Waals surface area contributed by atoms with Gasteiger partial charge in [0.05, 0.1) is 28.9 Å². The van der Waals surface area contributed by atoms with Crippen molar-refractivity contribution >= 4 is 23.4 Å². The summed E-state index contributed by atoms with van der Waals surface area (Å²) in [5.74, 6) is 0. The second-order valence-electron chi connectivity index (χ2n) is 3.97. The molecule has 1 amide bonds. The molecule has 1 fully saturated rings. The van der Waals surface area contributed by atoms with Gasteiger partial charge >= 0.3 is 6.09 Å². The van der Waals surface area contributed by atoms with Gasteiger partial charge in [0.25, 0.3) is 0 Å². The molecule has 2 rings (SSSR count). The van der Waals surface area contributed by atoms with Crippen LogP contribution in [0, 0.1) is 18.3 Å². The van der Waals surface area contributed by atoms with E-state index in [1.54, 1.807) is 19.1 Å². The molecule has 0 spiro atoms. The summed E-state index contributed by atoms with van der Waals surface area (Å²) in [5.41, 5.74) is 1.53. The van der Waals surface area contributed by atoms with Gasteiger partial charge < -0.3 is 9.84 Å². The number of anilines is 1. The Labute approximate surface area is 109 Å². The Hall–Kier alpha value is -1.77. The molecule has 1 heterocycles. The molecule has 1 saturated heterocycles. The molecule has 0 saturated carbocycles. The molecule has 0 radical (unpaired) electrons. The normalized spacial score (nSPS) is 18.7. The quantitative estimate of drug-likeness (QED) is 0.886. The molecule has 0 unspecified atom stereocenters. The van der Waals surface area contributed by atoms with E-state index in [2.05, 4.69) is 0 Å². The minimum absolute atomic E-state index is 0.145. The van der Waals surface area contributed by atoms with Crippen molar-refractivity contribution in [1.29, 1.82) is 5.26 Å². The highest BCUT2D eigenvalue weighted by molar-refractivity contribution is 6.33. The van der Waals surface area contributed by atoms with Gasteiger partial charge in [-0.3, -0.25) is 4.90 Å². The van der Waals surface area contributed by atoms with Gasteiger partial charge in [-0.25, -0.2) is 4.79 Å². The number of rotatable bonds is 2. The largest absolute Gasteiger partial charge is 0.447 e. The lowest BCUT2D eigenvalue weighted by molar-refractivity contribution is 0.174. The minimum atomic E-state index is -0.516. The third-order valence-electron chi connectivity index (χ3n) is 2.91. The van der Waals surface area contributed by atoms with Crippen molar-refractivity contribution in [2.45, 2.75) is 13.0 Å². The Balaban J connectivity index is 2.49. The molecule has 5 nitrogen and oxygen atoms in total. The standard InChI is InChI=1S/C12H11ClN2O3/c1-7-10(3-2-8(4-14)11(7)13)15-9(5-16)6-18-12(15)17/h2-3,9,16H,5-6H2,1H3/t9-/m0/s1. The smallest absolute Gasteiger partial charge is 0.414 e. The predicted molar refractivity (Wildman–Crippen MR) is 65.6 cm³/mol. The number of aliphatic hydroxyl groups is 1. The molecule has 1 aromatic carbocycles. The van der Waals surface area contributed by atoms with Crippen molar-refractivity contribution in [3.63, 3.8) is 0 Å². The first-order valence-corrected chi connectivity index (χ1v) is 5.74. The molecule has 0 bridgehead atoms. The van der Waals surface area contributed by atoms with E-state index in [1.165, 1.54) is 4.90 Å². The van der Waals surface area contributed by atoms with Gasteiger partial charge in [0, 0.05) is 0 Å². The van der Waals surface area contributed by atoms with Crippen molar-refractivity contribution in [3.8, 4) is 6.07 Å². The van der Waals surface area contributed by atoms with E-state index in [4.69, 9.17) is 21.6 Å². The number of hydrogen-bond acceptors (Lipinski definition) is 4. The number of carbonyl (C=O) groups excluding carboxylic acids is 1. The van der Waals surface area contributed by atoms with Gasteiger partial charge in [-0.05, 0) is 24.6 Å². The predicted octanol–water partition coefficient (Wildman–Crippen LogP) is 1.84. The van der Waals surface area contributed by atoms with Crippen LogP contribution < -0.4 is 4.90 Å². The molecule has 0 aromatic heterocycles. The molecule has 1 atom stereocenters. The number of hydrogen-bond donors (Lipinski definition) is 1. The molecule has 18 heavy (non-hydrogen) atoms. The number of halogens is 1. The summed E-state index contributed by atoms with van der Waals surface area (Å²) in [6, 6.07) is 4.74. The first-order valence-electron chi connectivity index (χ1n) is 5.36. The summed E-state index contributed by atoms with van der Waals surface area (Å²) in [6.07, 6.45) is -0.516. The van der Waals surface area contributed by atoms with E-state index in [1.807, 2.05) is 6.07 Å². The van der Waals surface area contributed by atoms with E-state index in [9.17, 15) is 9.90 Å². The highest BCUT2D eigenvalue weighted by Crippen LogP contribution is 2.32. The average Bonchev–Trinajstić information content (AvgIpc) is 2.74. The second kappa shape index (κ2) is 4.84. The molecule has 94 valence electrons. The number of cyclic esters (lactones) is 1. The van der Waals surface area contributed by atoms with E-state index >= 15 is 0 Å². The van der Waals surface area contributed by atoms with Crippen molar-refractivity contribution in [3.05, 3.63) is 28.3 Å². The van der Waals surface area contributed by atoms with Crippen LogP contribution >= 0.6 is 11.6 Å². The first-order chi connectivity index (χ1) is 8.60. The summed E-state index contributed by atoms with van der Waals surface area (Å²) in [6.45, 7) is 1.67. The van der Waals surface area contributed by atoms with Crippen molar-refractivity contribution < 1.29 is 14.6 Å². The maximum Gasteiger partial charge on any atom is 0.414 e. The zero-order chi connectivity index (χ0) is 13.3. The van der Waals surface area contributed by atoms with Gasteiger partial charge in [0.1, 0.15) is 12.7 Å². The number of amides is 1. The summed E-state index contributed by atoms with van der Waals surface area (Å²) < 4.78 is 4.89. The van der Waals surface area contributed by atoms with Crippen LogP contribution in [-0.4, -0.2) is 30.5 Å². The lowest BCUT2D eigenvalue weighted by atomic mass is 10.1. The zero-order valence-electron chi connectivity index (χ0n) is 9.68. The summed E-state index contributed by atoms with van der Waals surface area (Å²) in [5, 5.41) is 18.4. The van der Waals surface area contributed by atoms with Crippen LogP contribution in [0.15, 0.2) is 12.1 Å². The SMILES string of the molecule is Cc1c(N2C(=O)OC[C@@H]2CO)ccc(C#N)c1Cl. The summed E-state index contributed by atoms with van der Waals surface area (Å²) in [4.78, 5) is 13.0. The Morgan fingerprint density at radius 1 is 1.67 bits per heavy atom. The third-order valence-corrected chi connectivity index (χ3v) is 3.40. The Morgan fingerprint density at radius 3 is 3.00 bits per heavy atom. The molecule has 1 aliphatic rings. The molecule has 1 N–H and O–H groups in total. The molecule has 6 heteroatoms. The highest BCUT2D eigenvalue weighted by atomic mass is 35.5. The van der Waals surface area contributed by atoms with Crippen molar-refractivity contribution in [2.24, 2.45) is 0 Å². The van der Waals surface area contributed by atoms with Crippen LogP contribution in [0.3, 0.4) is 0 Å². The number of benzene rings is 1. The molecule has 0 aliphatic carbocycles. The molecular weight excluding hydrogens is 256 g/mol. The van der Waals surface area contributed by atoms with Crippen molar-refractivity contribution in [2.75, 3.05) is 18.1 Å². The van der Waals surface area contributed by atoms with Gasteiger partial charge in [0.15, 0.2) is 0 Å².